The molecule has 9 aromatic carbocycles. The number of fused-ring (bicyclic) bond motifs is 7. The van der Waals surface area contributed by atoms with Crippen LogP contribution in [-0.4, -0.2) is 23.9 Å². The molecule has 0 bridgehead atoms. The van der Waals surface area contributed by atoms with E-state index in [2.05, 4.69) is 161 Å². The first-order valence-corrected chi connectivity index (χ1v) is 21.9. The van der Waals surface area contributed by atoms with Gasteiger partial charge >= 0.3 is 0 Å². The van der Waals surface area contributed by atoms with Crippen molar-refractivity contribution in [3.8, 4) is 28.7 Å². The molecule has 0 aliphatic heterocycles. The van der Waals surface area contributed by atoms with Gasteiger partial charge in [0, 0.05) is 83.8 Å². The second-order valence-corrected chi connectivity index (χ2v) is 18.5. The zero-order chi connectivity index (χ0) is 38.5. The van der Waals surface area contributed by atoms with Crippen molar-refractivity contribution in [3.63, 3.8) is 0 Å². The molecule has 0 saturated heterocycles. The van der Waals surface area contributed by atoms with Crippen LogP contribution in [0, 0.1) is 0 Å². The third kappa shape index (κ3) is 3.57. The fraction of sp³-hybridized carbons (Fsp3) is 0. The number of aromatic nitrogens is 5. The Morgan fingerprint density at radius 3 is 1.87 bits per heavy atom. The van der Waals surface area contributed by atoms with Crippen LogP contribution in [0.2, 0.25) is 0 Å². The van der Waals surface area contributed by atoms with Gasteiger partial charge in [-0.2, -0.15) is 9.97 Å². The highest BCUT2D eigenvalue weighted by atomic mass is 32.1. The molecule has 7 heterocycles. The molecule has 5 nitrogen and oxygen atoms in total. The van der Waals surface area contributed by atoms with Gasteiger partial charge in [-0.1, -0.05) is 103 Å². The Morgan fingerprint density at radius 2 is 1.00 bits per heavy atom. The normalized spacial score (nSPS) is 13.0. The molecule has 16 aromatic rings. The van der Waals surface area contributed by atoms with E-state index >= 15 is 0 Å². The van der Waals surface area contributed by atoms with Crippen molar-refractivity contribution in [2.45, 2.75) is 0 Å². The van der Waals surface area contributed by atoms with Crippen molar-refractivity contribution in [1.29, 1.82) is 0 Å². The van der Waals surface area contributed by atoms with Crippen LogP contribution in [0.25, 0.3) is 151 Å². The number of nitrogens with zero attached hydrogens (tertiary/aromatic N) is 5. The van der Waals surface area contributed by atoms with Crippen LogP contribution in [0.4, 0.5) is 0 Å². The van der Waals surface area contributed by atoms with Crippen LogP contribution in [0.5, 0.6) is 0 Å². The topological polar surface area (TPSA) is 48.0 Å². The molecule has 274 valence electrons. The molecule has 0 N–H and O–H groups in total. The standard InChI is InChI=1S/C53H25N5S2/c1-2-8-27-23-30(16-15-26(27)7-1)51-54-52(35-13-6-14-39-43(35)36-24-28-9-3-4-10-29(28)25-42(36)60-39)56-53(55-51)57-37-20-22-40-46-44(37)45-38(57)19-17-33-31-11-5-12-32-34-18-21-41(59-40)47(46)50(34)58(48(31)32)49(33)45/h1-25H. The second kappa shape index (κ2) is 10.4. The molecule has 0 aliphatic carbocycles. The predicted molar refractivity (Wildman–Crippen MR) is 254 cm³/mol. The average Bonchev–Trinajstić information content (AvgIpc) is 4.08. The van der Waals surface area contributed by atoms with Gasteiger partial charge in [0.05, 0.1) is 27.6 Å². The van der Waals surface area contributed by atoms with E-state index in [0.717, 1.165) is 27.5 Å². The van der Waals surface area contributed by atoms with Gasteiger partial charge in [-0.25, -0.2) is 4.98 Å². The molecule has 0 aliphatic rings. The Morgan fingerprint density at radius 1 is 0.367 bits per heavy atom. The first kappa shape index (κ1) is 30.6. The highest BCUT2D eigenvalue weighted by Crippen LogP contribution is 2.53. The first-order valence-electron chi connectivity index (χ1n) is 20.3. The van der Waals surface area contributed by atoms with Gasteiger partial charge in [0.2, 0.25) is 5.95 Å². The third-order valence-electron chi connectivity index (χ3n) is 13.4. The number of rotatable bonds is 3. The molecule has 0 fully saturated rings. The number of benzene rings is 9. The second-order valence-electron chi connectivity index (χ2n) is 16.3. The Hall–Kier alpha value is -7.45. The molecule has 0 unspecified atom stereocenters. The number of thiophene rings is 2. The van der Waals surface area contributed by atoms with Crippen LogP contribution in [0.1, 0.15) is 0 Å². The highest BCUT2D eigenvalue weighted by Gasteiger charge is 2.30. The van der Waals surface area contributed by atoms with Crippen molar-refractivity contribution in [3.05, 3.63) is 152 Å². The van der Waals surface area contributed by atoms with Crippen molar-refractivity contribution in [2.24, 2.45) is 0 Å². The SMILES string of the molecule is c1ccc2cc(-c3nc(-c4cccc5sc6cc7ccccc7cc6c45)nc(-n4c5ccc6sc7ccc8c9cccc%10c%11ccc4c4c5c6c7c8n(c9%10)c%114)n3)ccc2c1. The Labute approximate surface area is 346 Å². The monoisotopic (exact) mass is 795 g/mol. The van der Waals surface area contributed by atoms with Gasteiger partial charge in [-0.3, -0.25) is 4.57 Å². The van der Waals surface area contributed by atoms with E-state index in [1.807, 2.05) is 22.7 Å². The van der Waals surface area contributed by atoms with Gasteiger partial charge in [0.15, 0.2) is 11.6 Å². The summed E-state index contributed by atoms with van der Waals surface area (Å²) in [5.41, 5.74) is 8.06. The van der Waals surface area contributed by atoms with E-state index < -0.39 is 0 Å². The zero-order valence-corrected chi connectivity index (χ0v) is 33.1. The molecular formula is C53H25N5S2. The summed E-state index contributed by atoms with van der Waals surface area (Å²) in [6, 6.07) is 55.6. The first-order chi connectivity index (χ1) is 29.7. The lowest BCUT2D eigenvalue weighted by Crippen LogP contribution is -2.06. The maximum absolute atomic E-state index is 5.55. The average molecular weight is 796 g/mol. The molecule has 0 atom stereocenters. The molecule has 0 amide bonds. The summed E-state index contributed by atoms with van der Waals surface area (Å²) < 4.78 is 9.99. The van der Waals surface area contributed by atoms with E-state index in [9.17, 15) is 0 Å². The van der Waals surface area contributed by atoms with E-state index in [4.69, 9.17) is 15.0 Å². The molecule has 16 rings (SSSR count). The smallest absolute Gasteiger partial charge is 0.238 e. The van der Waals surface area contributed by atoms with Crippen LogP contribution >= 0.6 is 22.7 Å². The lowest BCUT2D eigenvalue weighted by molar-refractivity contribution is 0.955. The molecule has 7 heteroatoms. The van der Waals surface area contributed by atoms with E-state index in [1.54, 1.807) is 0 Å². The Kier molecular flexibility index (Phi) is 5.30. The maximum atomic E-state index is 5.55. The molecule has 0 saturated carbocycles. The number of hydrogen-bond acceptors (Lipinski definition) is 5. The van der Waals surface area contributed by atoms with Crippen molar-refractivity contribution < 1.29 is 0 Å². The van der Waals surface area contributed by atoms with E-state index in [0.29, 0.717) is 17.6 Å². The number of para-hydroxylation sites is 1. The predicted octanol–water partition coefficient (Wildman–Crippen LogP) is 14.8. The third-order valence-corrected chi connectivity index (χ3v) is 15.6. The quantitative estimate of drug-likeness (QED) is 0.179. The molecular weight excluding hydrogens is 771 g/mol. The highest BCUT2D eigenvalue weighted by molar-refractivity contribution is 7.26. The lowest BCUT2D eigenvalue weighted by Gasteiger charge is -2.12. The van der Waals surface area contributed by atoms with Crippen LogP contribution in [0.3, 0.4) is 0 Å². The summed E-state index contributed by atoms with van der Waals surface area (Å²) >= 11 is 3.72. The van der Waals surface area contributed by atoms with Crippen molar-refractivity contribution in [2.75, 3.05) is 0 Å². The molecule has 0 radical (unpaired) electrons. The minimum Gasteiger partial charge on any atom is -0.307 e. The largest absolute Gasteiger partial charge is 0.307 e. The van der Waals surface area contributed by atoms with Crippen molar-refractivity contribution in [1.82, 2.24) is 23.9 Å². The minimum atomic E-state index is 0.614. The zero-order valence-electron chi connectivity index (χ0n) is 31.5. The van der Waals surface area contributed by atoms with Gasteiger partial charge in [-0.15, -0.1) is 22.7 Å². The summed E-state index contributed by atoms with van der Waals surface area (Å²) in [7, 11) is 0. The van der Waals surface area contributed by atoms with Gasteiger partial charge in [0.25, 0.3) is 0 Å². The van der Waals surface area contributed by atoms with Crippen molar-refractivity contribution >= 4 is 144 Å². The van der Waals surface area contributed by atoms with Crippen LogP contribution < -0.4 is 0 Å². The number of hydrogen-bond donors (Lipinski definition) is 0. The van der Waals surface area contributed by atoms with Gasteiger partial charge in [0.1, 0.15) is 0 Å². The molecule has 0 spiro atoms. The van der Waals surface area contributed by atoms with E-state index in [-0.39, 0.29) is 0 Å². The minimum absolute atomic E-state index is 0.614. The summed E-state index contributed by atoms with van der Waals surface area (Å²) in [6.45, 7) is 0. The summed E-state index contributed by atoms with van der Waals surface area (Å²) in [4.78, 5) is 16.4. The fourth-order valence-electron chi connectivity index (χ4n) is 10.9. The Balaban J connectivity index is 1.07. The van der Waals surface area contributed by atoms with Gasteiger partial charge in [-0.05, 0) is 70.1 Å². The summed E-state index contributed by atoms with van der Waals surface area (Å²) in [5, 5.41) is 17.6. The van der Waals surface area contributed by atoms with E-state index in [1.165, 1.54) is 105 Å². The molecule has 7 aromatic heterocycles. The van der Waals surface area contributed by atoms with Gasteiger partial charge < -0.3 is 4.40 Å². The fourth-order valence-corrected chi connectivity index (χ4v) is 13.2. The van der Waals surface area contributed by atoms with Crippen LogP contribution in [0.15, 0.2) is 152 Å². The van der Waals surface area contributed by atoms with Crippen LogP contribution in [-0.2, 0) is 0 Å². The summed E-state index contributed by atoms with van der Waals surface area (Å²) in [6.07, 6.45) is 0. The summed E-state index contributed by atoms with van der Waals surface area (Å²) in [5.74, 6) is 1.93. The lowest BCUT2D eigenvalue weighted by atomic mass is 10.0. The maximum Gasteiger partial charge on any atom is 0.238 e. The Bertz CT molecular complexity index is 4490. The molecule has 60 heavy (non-hydrogen) atoms.